The Morgan fingerprint density at radius 2 is 1.62 bits per heavy atom. The number of allylic oxidation sites excluding steroid dienone is 2. The molecule has 0 aliphatic heterocycles. The first-order chi connectivity index (χ1) is 7.49. The minimum Gasteiger partial charge on any atom is -0.351 e. The zero-order valence-electron chi connectivity index (χ0n) is 10.6. The van der Waals surface area contributed by atoms with E-state index >= 15 is 0 Å². The van der Waals surface area contributed by atoms with Gasteiger partial charge in [-0.2, -0.15) is 0 Å². The van der Waals surface area contributed by atoms with Crippen LogP contribution in [0.5, 0.6) is 0 Å². The molecule has 0 aromatic rings. The Hall–Kier alpha value is -0.790. The van der Waals surface area contributed by atoms with Gasteiger partial charge in [-0.25, -0.2) is 0 Å². The highest BCUT2D eigenvalue weighted by molar-refractivity contribution is 5.82. The molecule has 1 saturated carbocycles. The van der Waals surface area contributed by atoms with Crippen LogP contribution in [-0.4, -0.2) is 11.4 Å². The van der Waals surface area contributed by atoms with Crippen LogP contribution >= 0.6 is 0 Å². The van der Waals surface area contributed by atoms with Crippen LogP contribution in [0.25, 0.3) is 0 Å². The third-order valence-electron chi connectivity index (χ3n) is 3.63. The Morgan fingerprint density at radius 3 is 2.06 bits per heavy atom. The zero-order valence-corrected chi connectivity index (χ0v) is 10.6. The molecule has 0 heterocycles. The summed E-state index contributed by atoms with van der Waals surface area (Å²) < 4.78 is 0. The van der Waals surface area contributed by atoms with E-state index in [1.165, 1.54) is 12.8 Å². The summed E-state index contributed by atoms with van der Waals surface area (Å²) in [5, 5.41) is 3.12. The van der Waals surface area contributed by atoms with Gasteiger partial charge < -0.3 is 5.32 Å². The molecule has 1 amide bonds. The van der Waals surface area contributed by atoms with Crippen LogP contribution in [0.2, 0.25) is 0 Å². The maximum Gasteiger partial charge on any atom is 0.224 e. The van der Waals surface area contributed by atoms with Crippen molar-refractivity contribution >= 4 is 5.91 Å². The third-order valence-corrected chi connectivity index (χ3v) is 3.63. The first-order valence-corrected chi connectivity index (χ1v) is 6.46. The zero-order chi connectivity index (χ0) is 11.8. The predicted molar refractivity (Wildman–Crippen MR) is 66.0 cm³/mol. The molecule has 90 valence electrons. The lowest BCUT2D eigenvalue weighted by molar-refractivity contribution is -0.124. The normalized spacial score (nSPS) is 35.6. The predicted octanol–water partition coefficient (Wildman–Crippen LogP) is 2.89. The molecule has 0 bridgehead atoms. The van der Waals surface area contributed by atoms with Crippen LogP contribution in [0.1, 0.15) is 46.5 Å². The molecule has 0 aromatic carbocycles. The molecule has 2 aliphatic carbocycles. The maximum absolute atomic E-state index is 12.1. The summed E-state index contributed by atoms with van der Waals surface area (Å²) in [7, 11) is 0. The van der Waals surface area contributed by atoms with Crippen molar-refractivity contribution < 1.29 is 4.79 Å². The molecule has 0 aromatic heterocycles. The molecular formula is C14H23NO. The molecule has 2 unspecified atom stereocenters. The van der Waals surface area contributed by atoms with E-state index in [-0.39, 0.29) is 11.4 Å². The number of rotatable bonds is 1. The van der Waals surface area contributed by atoms with Crippen LogP contribution in [0.15, 0.2) is 12.2 Å². The summed E-state index contributed by atoms with van der Waals surface area (Å²) in [4.78, 5) is 12.1. The maximum atomic E-state index is 12.1. The van der Waals surface area contributed by atoms with Crippen molar-refractivity contribution in [3.8, 4) is 0 Å². The minimum atomic E-state index is -0.0901. The van der Waals surface area contributed by atoms with Gasteiger partial charge in [0.05, 0.1) is 0 Å². The topological polar surface area (TPSA) is 29.1 Å². The van der Waals surface area contributed by atoms with Crippen LogP contribution in [-0.2, 0) is 4.79 Å². The number of hydrogen-bond acceptors (Lipinski definition) is 1. The highest BCUT2D eigenvalue weighted by Crippen LogP contribution is 2.52. The Balaban J connectivity index is 1.91. The quantitative estimate of drug-likeness (QED) is 0.678. The van der Waals surface area contributed by atoms with E-state index in [4.69, 9.17) is 0 Å². The summed E-state index contributed by atoms with van der Waals surface area (Å²) in [5.74, 6) is 1.91. The van der Waals surface area contributed by atoms with Gasteiger partial charge >= 0.3 is 0 Å². The minimum absolute atomic E-state index is 0.0901. The van der Waals surface area contributed by atoms with Crippen molar-refractivity contribution in [1.29, 1.82) is 0 Å². The van der Waals surface area contributed by atoms with E-state index in [2.05, 4.69) is 38.2 Å². The number of amides is 1. The smallest absolute Gasteiger partial charge is 0.224 e. The summed E-state index contributed by atoms with van der Waals surface area (Å²) in [6, 6.07) is 0. The molecule has 1 N–H and O–H groups in total. The Morgan fingerprint density at radius 1 is 1.12 bits per heavy atom. The molecule has 2 heteroatoms. The van der Waals surface area contributed by atoms with Gasteiger partial charge in [-0.1, -0.05) is 12.2 Å². The first-order valence-electron chi connectivity index (χ1n) is 6.46. The van der Waals surface area contributed by atoms with E-state index in [0.29, 0.717) is 17.8 Å². The lowest BCUT2D eigenvalue weighted by atomic mass is 10.1. The fourth-order valence-corrected chi connectivity index (χ4v) is 2.89. The van der Waals surface area contributed by atoms with Gasteiger partial charge in [0, 0.05) is 11.5 Å². The van der Waals surface area contributed by atoms with E-state index in [1.54, 1.807) is 0 Å². The largest absolute Gasteiger partial charge is 0.351 e. The van der Waals surface area contributed by atoms with Crippen LogP contribution < -0.4 is 5.32 Å². The number of hydrogen-bond donors (Lipinski definition) is 1. The van der Waals surface area contributed by atoms with Crippen molar-refractivity contribution in [2.75, 3.05) is 0 Å². The van der Waals surface area contributed by atoms with Gasteiger partial charge in [0.2, 0.25) is 5.91 Å². The number of carbonyl (C=O) groups excluding carboxylic acids is 1. The van der Waals surface area contributed by atoms with Gasteiger partial charge in [0.25, 0.3) is 0 Å². The lowest BCUT2D eigenvalue weighted by Gasteiger charge is -2.20. The van der Waals surface area contributed by atoms with Crippen molar-refractivity contribution in [2.24, 2.45) is 17.8 Å². The molecule has 0 spiro atoms. The van der Waals surface area contributed by atoms with Crippen LogP contribution in [0.3, 0.4) is 0 Å². The van der Waals surface area contributed by atoms with Crippen molar-refractivity contribution in [1.82, 2.24) is 5.32 Å². The second-order valence-corrected chi connectivity index (χ2v) is 6.22. The van der Waals surface area contributed by atoms with Gasteiger partial charge in [0.1, 0.15) is 0 Å². The van der Waals surface area contributed by atoms with E-state index in [0.717, 1.165) is 12.8 Å². The first kappa shape index (κ1) is 11.7. The highest BCUT2D eigenvalue weighted by Gasteiger charge is 2.53. The van der Waals surface area contributed by atoms with E-state index < -0.39 is 0 Å². The lowest BCUT2D eigenvalue weighted by Crippen LogP contribution is -2.42. The Bertz CT molecular complexity index is 284. The second kappa shape index (κ2) is 4.23. The standard InChI is InChI=1S/C14H23NO/c1-14(2,3)15-13(16)12-10-8-6-4-5-7-9-11(10)12/h4-5,10-12H,6-9H2,1-3H3,(H,15,16)/b5-4+. The van der Waals surface area contributed by atoms with Crippen molar-refractivity contribution in [3.63, 3.8) is 0 Å². The Kier molecular flexibility index (Phi) is 3.09. The van der Waals surface area contributed by atoms with Crippen LogP contribution in [0.4, 0.5) is 0 Å². The molecule has 0 saturated heterocycles. The van der Waals surface area contributed by atoms with Crippen molar-refractivity contribution in [3.05, 3.63) is 12.2 Å². The average molecular weight is 221 g/mol. The Labute approximate surface area is 98.5 Å². The monoisotopic (exact) mass is 221 g/mol. The fourth-order valence-electron chi connectivity index (χ4n) is 2.89. The fraction of sp³-hybridized carbons (Fsp3) is 0.786. The van der Waals surface area contributed by atoms with E-state index in [9.17, 15) is 4.79 Å². The number of carbonyl (C=O) groups is 1. The molecule has 1 fully saturated rings. The summed E-state index contributed by atoms with van der Waals surface area (Å²) >= 11 is 0. The average Bonchev–Trinajstić information content (AvgIpc) is 2.73. The number of fused-ring (bicyclic) bond motifs is 1. The molecule has 16 heavy (non-hydrogen) atoms. The summed E-state index contributed by atoms with van der Waals surface area (Å²) in [5.41, 5.74) is -0.0901. The van der Waals surface area contributed by atoms with Crippen LogP contribution in [0, 0.1) is 17.8 Å². The third kappa shape index (κ3) is 2.66. The highest BCUT2D eigenvalue weighted by atomic mass is 16.2. The van der Waals surface area contributed by atoms with Crippen molar-refractivity contribution in [2.45, 2.75) is 52.0 Å². The summed E-state index contributed by atoms with van der Waals surface area (Å²) in [6.07, 6.45) is 9.24. The molecule has 2 rings (SSSR count). The van der Waals surface area contributed by atoms with Gasteiger partial charge in [-0.15, -0.1) is 0 Å². The van der Waals surface area contributed by atoms with Gasteiger partial charge in [-0.3, -0.25) is 4.79 Å². The second-order valence-electron chi connectivity index (χ2n) is 6.22. The van der Waals surface area contributed by atoms with E-state index in [1.807, 2.05) is 0 Å². The summed E-state index contributed by atoms with van der Waals surface area (Å²) in [6.45, 7) is 6.16. The van der Waals surface area contributed by atoms with Gasteiger partial charge in [-0.05, 0) is 58.3 Å². The molecule has 0 radical (unpaired) electrons. The molecule has 2 atom stereocenters. The SMILES string of the molecule is CC(C)(C)NC(=O)C1C2CC/C=C/CCC21. The molecular weight excluding hydrogens is 198 g/mol. The van der Waals surface area contributed by atoms with Gasteiger partial charge in [0.15, 0.2) is 0 Å². The molecule has 2 aliphatic rings. The molecule has 2 nitrogen and oxygen atoms in total. The number of nitrogens with one attached hydrogen (secondary N) is 1.